The van der Waals surface area contributed by atoms with Crippen LogP contribution in [0.4, 0.5) is 10.1 Å². The minimum atomic E-state index is -0.347. The van der Waals surface area contributed by atoms with Gasteiger partial charge in [-0.1, -0.05) is 0 Å². The van der Waals surface area contributed by atoms with Crippen molar-refractivity contribution in [3.05, 3.63) is 48.0 Å². The van der Waals surface area contributed by atoms with E-state index in [1.807, 2.05) is 25.1 Å². The maximum atomic E-state index is 12.9. The number of aromatic nitrogens is 1. The predicted molar refractivity (Wildman–Crippen MR) is 75.8 cm³/mol. The van der Waals surface area contributed by atoms with Crippen LogP contribution in [0.2, 0.25) is 0 Å². The fourth-order valence-corrected chi connectivity index (χ4v) is 1.88. The Bertz CT molecular complexity index is 573. The van der Waals surface area contributed by atoms with Gasteiger partial charge in [0.2, 0.25) is 0 Å². The number of ether oxygens (including phenoxy) is 2. The Morgan fingerprint density at radius 3 is 2.55 bits per heavy atom. The summed E-state index contributed by atoms with van der Waals surface area (Å²) in [7, 11) is 3.21. The molecule has 1 N–H and O–H groups in total. The number of halogens is 1. The predicted octanol–water partition coefficient (Wildman–Crippen LogP) is 3.41. The van der Waals surface area contributed by atoms with Gasteiger partial charge in [-0.05, 0) is 31.2 Å². The van der Waals surface area contributed by atoms with Gasteiger partial charge in [0.25, 0.3) is 0 Å². The van der Waals surface area contributed by atoms with Crippen molar-refractivity contribution in [1.29, 1.82) is 0 Å². The Morgan fingerprint density at radius 2 is 1.95 bits per heavy atom. The number of benzene rings is 1. The Balaban J connectivity index is 2.21. The zero-order chi connectivity index (χ0) is 14.5. The van der Waals surface area contributed by atoms with Gasteiger partial charge in [0.1, 0.15) is 17.3 Å². The lowest BCUT2D eigenvalue weighted by molar-refractivity contribution is 0.404. The van der Waals surface area contributed by atoms with Crippen molar-refractivity contribution in [2.45, 2.75) is 13.0 Å². The molecule has 1 aromatic carbocycles. The third kappa shape index (κ3) is 3.17. The zero-order valence-corrected chi connectivity index (χ0v) is 11.7. The van der Waals surface area contributed by atoms with E-state index in [0.29, 0.717) is 5.75 Å². The Hall–Kier alpha value is -2.30. The van der Waals surface area contributed by atoms with Crippen LogP contribution < -0.4 is 14.8 Å². The van der Waals surface area contributed by atoms with Crippen molar-refractivity contribution in [3.8, 4) is 11.5 Å². The quantitative estimate of drug-likeness (QED) is 0.908. The third-order valence-corrected chi connectivity index (χ3v) is 2.97. The summed E-state index contributed by atoms with van der Waals surface area (Å²) >= 11 is 0. The number of nitrogens with zero attached hydrogens (tertiary/aromatic N) is 1. The van der Waals surface area contributed by atoms with Crippen molar-refractivity contribution in [1.82, 2.24) is 4.98 Å². The summed E-state index contributed by atoms with van der Waals surface area (Å²) in [5, 5.41) is 3.28. The van der Waals surface area contributed by atoms with Crippen molar-refractivity contribution in [3.63, 3.8) is 0 Å². The molecule has 0 spiro atoms. The monoisotopic (exact) mass is 276 g/mol. The molecule has 20 heavy (non-hydrogen) atoms. The number of hydrogen-bond donors (Lipinski definition) is 1. The molecule has 1 aromatic heterocycles. The molecule has 0 saturated carbocycles. The maximum absolute atomic E-state index is 12.9. The molecule has 1 heterocycles. The first-order chi connectivity index (χ1) is 9.63. The molecule has 0 aliphatic carbocycles. The summed E-state index contributed by atoms with van der Waals surface area (Å²) in [5.41, 5.74) is 1.54. The first kappa shape index (κ1) is 14.1. The van der Waals surface area contributed by atoms with Gasteiger partial charge in [0, 0.05) is 6.07 Å². The van der Waals surface area contributed by atoms with E-state index in [1.165, 1.54) is 12.3 Å². The lowest BCUT2D eigenvalue weighted by Gasteiger charge is -2.17. The molecular weight excluding hydrogens is 259 g/mol. The Kier molecular flexibility index (Phi) is 4.40. The van der Waals surface area contributed by atoms with Gasteiger partial charge in [-0.15, -0.1) is 0 Å². The summed E-state index contributed by atoms with van der Waals surface area (Å²) in [6.45, 7) is 1.94. The molecule has 1 atom stereocenters. The van der Waals surface area contributed by atoms with Gasteiger partial charge >= 0.3 is 0 Å². The molecule has 0 amide bonds. The molecule has 0 radical (unpaired) electrons. The Labute approximate surface area is 117 Å². The number of hydrogen-bond acceptors (Lipinski definition) is 4. The van der Waals surface area contributed by atoms with Gasteiger partial charge in [0.15, 0.2) is 0 Å². The summed E-state index contributed by atoms with van der Waals surface area (Å²) in [5.74, 6) is 1.09. The number of methoxy groups -OCH3 is 2. The van der Waals surface area contributed by atoms with Gasteiger partial charge in [0.05, 0.1) is 37.8 Å². The van der Waals surface area contributed by atoms with Gasteiger partial charge in [-0.2, -0.15) is 0 Å². The molecule has 2 rings (SSSR count). The molecule has 0 fully saturated rings. The topological polar surface area (TPSA) is 43.4 Å². The van der Waals surface area contributed by atoms with E-state index >= 15 is 0 Å². The highest BCUT2D eigenvalue weighted by molar-refractivity contribution is 5.60. The summed E-state index contributed by atoms with van der Waals surface area (Å²) in [4.78, 5) is 4.06. The molecule has 2 aromatic rings. The van der Waals surface area contributed by atoms with Gasteiger partial charge in [-0.3, -0.25) is 4.98 Å². The van der Waals surface area contributed by atoms with Crippen LogP contribution in [0.1, 0.15) is 18.7 Å². The molecule has 0 saturated heterocycles. The highest BCUT2D eigenvalue weighted by Crippen LogP contribution is 2.31. The van der Waals surface area contributed by atoms with Crippen LogP contribution in [0.3, 0.4) is 0 Å². The minimum absolute atomic E-state index is 0.0865. The van der Waals surface area contributed by atoms with Crippen molar-refractivity contribution >= 4 is 5.69 Å². The van der Waals surface area contributed by atoms with Gasteiger partial charge < -0.3 is 14.8 Å². The largest absolute Gasteiger partial charge is 0.497 e. The fourth-order valence-electron chi connectivity index (χ4n) is 1.88. The van der Waals surface area contributed by atoms with Crippen molar-refractivity contribution in [2.24, 2.45) is 0 Å². The molecule has 106 valence electrons. The number of anilines is 1. The second-order valence-corrected chi connectivity index (χ2v) is 4.33. The smallest absolute Gasteiger partial charge is 0.142 e. The maximum Gasteiger partial charge on any atom is 0.142 e. The van der Waals surface area contributed by atoms with E-state index in [1.54, 1.807) is 20.3 Å². The molecule has 5 heteroatoms. The van der Waals surface area contributed by atoms with Crippen LogP contribution in [0, 0.1) is 5.82 Å². The SMILES string of the molecule is COc1ccc(OC)c(NC(C)c2ccc(F)cn2)c1. The van der Waals surface area contributed by atoms with Crippen LogP contribution in [0.25, 0.3) is 0 Å². The van der Waals surface area contributed by atoms with Crippen LogP contribution in [-0.4, -0.2) is 19.2 Å². The van der Waals surface area contributed by atoms with E-state index < -0.39 is 0 Å². The van der Waals surface area contributed by atoms with Crippen molar-refractivity contribution < 1.29 is 13.9 Å². The van der Waals surface area contributed by atoms with Crippen LogP contribution in [0.5, 0.6) is 11.5 Å². The molecule has 4 nitrogen and oxygen atoms in total. The second-order valence-electron chi connectivity index (χ2n) is 4.33. The van der Waals surface area contributed by atoms with Gasteiger partial charge in [-0.25, -0.2) is 4.39 Å². The lowest BCUT2D eigenvalue weighted by Crippen LogP contribution is -2.09. The number of rotatable bonds is 5. The lowest BCUT2D eigenvalue weighted by atomic mass is 10.2. The van der Waals surface area contributed by atoms with E-state index in [2.05, 4.69) is 10.3 Å². The standard InChI is InChI=1S/C15H17FN2O2/c1-10(13-6-4-11(16)9-17-13)18-14-8-12(19-2)5-7-15(14)20-3/h4-10,18H,1-3H3. The highest BCUT2D eigenvalue weighted by Gasteiger charge is 2.11. The zero-order valence-electron chi connectivity index (χ0n) is 11.7. The molecular formula is C15H17FN2O2. The second kappa shape index (κ2) is 6.23. The van der Waals surface area contributed by atoms with E-state index in [9.17, 15) is 4.39 Å². The van der Waals surface area contributed by atoms with E-state index in [4.69, 9.17) is 9.47 Å². The number of nitrogens with one attached hydrogen (secondary N) is 1. The van der Waals surface area contributed by atoms with Crippen LogP contribution in [0.15, 0.2) is 36.5 Å². The number of pyridine rings is 1. The summed E-state index contributed by atoms with van der Waals surface area (Å²) < 4.78 is 23.4. The highest BCUT2D eigenvalue weighted by atomic mass is 19.1. The Morgan fingerprint density at radius 1 is 1.15 bits per heavy atom. The van der Waals surface area contributed by atoms with E-state index in [0.717, 1.165) is 17.1 Å². The summed E-state index contributed by atoms with van der Waals surface area (Å²) in [6.07, 6.45) is 1.20. The molecule has 0 aliphatic rings. The molecule has 0 bridgehead atoms. The average Bonchev–Trinajstić information content (AvgIpc) is 2.47. The fraction of sp³-hybridized carbons (Fsp3) is 0.267. The molecule has 1 unspecified atom stereocenters. The van der Waals surface area contributed by atoms with Crippen LogP contribution >= 0.6 is 0 Å². The first-order valence-corrected chi connectivity index (χ1v) is 6.24. The summed E-state index contributed by atoms with van der Waals surface area (Å²) in [6, 6.07) is 8.45. The van der Waals surface area contributed by atoms with E-state index in [-0.39, 0.29) is 11.9 Å². The average molecular weight is 276 g/mol. The molecule has 0 aliphatic heterocycles. The van der Waals surface area contributed by atoms with Crippen molar-refractivity contribution in [2.75, 3.05) is 19.5 Å². The normalized spacial score (nSPS) is 11.8. The minimum Gasteiger partial charge on any atom is -0.497 e. The first-order valence-electron chi connectivity index (χ1n) is 6.24. The van der Waals surface area contributed by atoms with Crippen LogP contribution in [-0.2, 0) is 0 Å². The third-order valence-electron chi connectivity index (χ3n) is 2.97.